The monoisotopic (exact) mass is 198 g/mol. The first-order chi connectivity index (χ1) is 6.44. The van der Waals surface area contributed by atoms with Crippen LogP contribution in [0.1, 0.15) is 34.1 Å². The van der Waals surface area contributed by atoms with Crippen LogP contribution in [0.5, 0.6) is 0 Å². The standard InChI is InChI=1S/C11H22N2O/c1-5-9(2)8-11(3,4)10(14)13-7-6-12/h5H,6-8,12H2,1-4H3,(H,13,14)/b9-5+. The van der Waals surface area contributed by atoms with Gasteiger partial charge in [0.05, 0.1) is 0 Å². The first kappa shape index (κ1) is 13.2. The quantitative estimate of drug-likeness (QED) is 0.657. The van der Waals surface area contributed by atoms with Gasteiger partial charge < -0.3 is 11.1 Å². The van der Waals surface area contributed by atoms with Crippen molar-refractivity contribution in [3.63, 3.8) is 0 Å². The zero-order valence-corrected chi connectivity index (χ0v) is 9.68. The summed E-state index contributed by atoms with van der Waals surface area (Å²) in [5.41, 5.74) is 6.21. The summed E-state index contributed by atoms with van der Waals surface area (Å²) in [6, 6.07) is 0. The van der Waals surface area contributed by atoms with Crippen LogP contribution >= 0.6 is 0 Å². The molecule has 0 saturated carbocycles. The van der Waals surface area contributed by atoms with Gasteiger partial charge in [-0.15, -0.1) is 0 Å². The highest BCUT2D eigenvalue weighted by atomic mass is 16.2. The molecule has 0 aliphatic carbocycles. The number of nitrogens with one attached hydrogen (secondary N) is 1. The number of amides is 1. The molecule has 0 unspecified atom stereocenters. The van der Waals surface area contributed by atoms with E-state index in [1.807, 2.05) is 33.8 Å². The van der Waals surface area contributed by atoms with E-state index in [0.29, 0.717) is 13.1 Å². The van der Waals surface area contributed by atoms with E-state index in [4.69, 9.17) is 5.73 Å². The Kier molecular flexibility index (Phi) is 5.46. The van der Waals surface area contributed by atoms with E-state index < -0.39 is 0 Å². The Labute approximate surface area is 86.8 Å². The van der Waals surface area contributed by atoms with Crippen molar-refractivity contribution in [3.8, 4) is 0 Å². The highest BCUT2D eigenvalue weighted by Gasteiger charge is 2.26. The molecule has 0 rings (SSSR count). The molecule has 0 aromatic heterocycles. The third kappa shape index (κ3) is 4.42. The third-order valence-electron chi connectivity index (χ3n) is 2.26. The van der Waals surface area contributed by atoms with Gasteiger partial charge in [-0.2, -0.15) is 0 Å². The summed E-state index contributed by atoms with van der Waals surface area (Å²) >= 11 is 0. The number of nitrogens with two attached hydrogens (primary N) is 1. The fourth-order valence-corrected chi connectivity index (χ4v) is 1.30. The summed E-state index contributed by atoms with van der Waals surface area (Å²) in [6.45, 7) is 8.97. The van der Waals surface area contributed by atoms with Crippen LogP contribution in [0.4, 0.5) is 0 Å². The minimum atomic E-state index is -0.342. The van der Waals surface area contributed by atoms with Gasteiger partial charge in [-0.25, -0.2) is 0 Å². The predicted molar refractivity (Wildman–Crippen MR) is 59.9 cm³/mol. The minimum absolute atomic E-state index is 0.0733. The summed E-state index contributed by atoms with van der Waals surface area (Å²) in [4.78, 5) is 11.7. The summed E-state index contributed by atoms with van der Waals surface area (Å²) < 4.78 is 0. The molecule has 0 atom stereocenters. The van der Waals surface area contributed by atoms with E-state index in [1.54, 1.807) is 0 Å². The molecule has 0 radical (unpaired) electrons. The maximum atomic E-state index is 11.7. The van der Waals surface area contributed by atoms with Gasteiger partial charge in [-0.05, 0) is 20.3 Å². The Hall–Kier alpha value is -0.830. The van der Waals surface area contributed by atoms with Gasteiger partial charge in [0, 0.05) is 18.5 Å². The lowest BCUT2D eigenvalue weighted by molar-refractivity contribution is -0.129. The van der Waals surface area contributed by atoms with Gasteiger partial charge >= 0.3 is 0 Å². The Balaban J connectivity index is 4.23. The first-order valence-corrected chi connectivity index (χ1v) is 5.04. The molecule has 0 fully saturated rings. The minimum Gasteiger partial charge on any atom is -0.354 e. The Morgan fingerprint density at radius 3 is 2.50 bits per heavy atom. The fourth-order valence-electron chi connectivity index (χ4n) is 1.30. The summed E-state index contributed by atoms with van der Waals surface area (Å²) in [7, 11) is 0. The van der Waals surface area contributed by atoms with Gasteiger partial charge in [-0.3, -0.25) is 4.79 Å². The molecule has 0 aromatic carbocycles. The SMILES string of the molecule is C/C=C(\C)CC(C)(C)C(=O)NCCN. The van der Waals surface area contributed by atoms with Crippen LogP contribution in [0.3, 0.4) is 0 Å². The summed E-state index contributed by atoms with van der Waals surface area (Å²) in [6.07, 6.45) is 2.83. The Bertz CT molecular complexity index is 219. The molecule has 0 aromatic rings. The van der Waals surface area contributed by atoms with Crippen LogP contribution in [-0.4, -0.2) is 19.0 Å². The molecule has 82 valence electrons. The normalized spacial score (nSPS) is 12.8. The molecule has 1 amide bonds. The number of hydrogen-bond donors (Lipinski definition) is 2. The molecule has 3 heteroatoms. The Morgan fingerprint density at radius 2 is 2.07 bits per heavy atom. The second-order valence-corrected chi connectivity index (χ2v) is 4.24. The van der Waals surface area contributed by atoms with Crippen LogP contribution in [0.2, 0.25) is 0 Å². The van der Waals surface area contributed by atoms with Crippen molar-refractivity contribution >= 4 is 5.91 Å². The second-order valence-electron chi connectivity index (χ2n) is 4.24. The van der Waals surface area contributed by atoms with E-state index in [-0.39, 0.29) is 11.3 Å². The molecular weight excluding hydrogens is 176 g/mol. The van der Waals surface area contributed by atoms with Crippen LogP contribution < -0.4 is 11.1 Å². The number of allylic oxidation sites excluding steroid dienone is 2. The highest BCUT2D eigenvalue weighted by molar-refractivity contribution is 5.82. The van der Waals surface area contributed by atoms with Crippen molar-refractivity contribution in [1.82, 2.24) is 5.32 Å². The second kappa shape index (κ2) is 5.81. The van der Waals surface area contributed by atoms with Crippen LogP contribution in [0, 0.1) is 5.41 Å². The third-order valence-corrected chi connectivity index (χ3v) is 2.26. The van der Waals surface area contributed by atoms with Gasteiger partial charge in [-0.1, -0.05) is 25.5 Å². The van der Waals surface area contributed by atoms with E-state index in [1.165, 1.54) is 5.57 Å². The molecule has 0 heterocycles. The average Bonchev–Trinajstić information content (AvgIpc) is 2.13. The first-order valence-electron chi connectivity index (χ1n) is 5.04. The summed E-state index contributed by atoms with van der Waals surface area (Å²) in [5.74, 6) is 0.0733. The van der Waals surface area contributed by atoms with E-state index in [2.05, 4.69) is 5.32 Å². The van der Waals surface area contributed by atoms with Crippen LogP contribution in [0.25, 0.3) is 0 Å². The van der Waals surface area contributed by atoms with Gasteiger partial charge in [0.15, 0.2) is 0 Å². The van der Waals surface area contributed by atoms with Gasteiger partial charge in [0.25, 0.3) is 0 Å². The zero-order chi connectivity index (χ0) is 11.2. The summed E-state index contributed by atoms with van der Waals surface area (Å²) in [5, 5.41) is 2.81. The number of carbonyl (C=O) groups is 1. The number of hydrogen-bond acceptors (Lipinski definition) is 2. The topological polar surface area (TPSA) is 55.1 Å². The van der Waals surface area contributed by atoms with Crippen molar-refractivity contribution in [2.75, 3.05) is 13.1 Å². The van der Waals surface area contributed by atoms with Gasteiger partial charge in [0.1, 0.15) is 0 Å². The van der Waals surface area contributed by atoms with Crippen molar-refractivity contribution in [2.45, 2.75) is 34.1 Å². The maximum Gasteiger partial charge on any atom is 0.226 e. The molecule has 14 heavy (non-hydrogen) atoms. The largest absolute Gasteiger partial charge is 0.354 e. The van der Waals surface area contributed by atoms with Crippen molar-refractivity contribution in [1.29, 1.82) is 0 Å². The highest BCUT2D eigenvalue weighted by Crippen LogP contribution is 2.24. The molecule has 3 nitrogen and oxygen atoms in total. The molecule has 3 N–H and O–H groups in total. The lowest BCUT2D eigenvalue weighted by Gasteiger charge is -2.23. The zero-order valence-electron chi connectivity index (χ0n) is 9.68. The van der Waals surface area contributed by atoms with E-state index >= 15 is 0 Å². The molecule has 0 bridgehead atoms. The van der Waals surface area contributed by atoms with Crippen molar-refractivity contribution < 1.29 is 4.79 Å². The van der Waals surface area contributed by atoms with E-state index in [0.717, 1.165) is 6.42 Å². The number of rotatable bonds is 5. The van der Waals surface area contributed by atoms with Crippen molar-refractivity contribution in [3.05, 3.63) is 11.6 Å². The molecule has 0 spiro atoms. The van der Waals surface area contributed by atoms with Crippen LogP contribution in [-0.2, 0) is 4.79 Å². The number of carbonyl (C=O) groups excluding carboxylic acids is 1. The molecular formula is C11H22N2O. The van der Waals surface area contributed by atoms with Crippen molar-refractivity contribution in [2.24, 2.45) is 11.1 Å². The van der Waals surface area contributed by atoms with E-state index in [9.17, 15) is 4.79 Å². The van der Waals surface area contributed by atoms with Crippen LogP contribution in [0.15, 0.2) is 11.6 Å². The van der Waals surface area contributed by atoms with Gasteiger partial charge in [0.2, 0.25) is 5.91 Å². The lowest BCUT2D eigenvalue weighted by atomic mass is 9.85. The average molecular weight is 198 g/mol. The fraction of sp³-hybridized carbons (Fsp3) is 0.727. The lowest BCUT2D eigenvalue weighted by Crippen LogP contribution is -2.39. The Morgan fingerprint density at radius 1 is 1.50 bits per heavy atom. The molecule has 0 aliphatic rings. The molecule has 0 aliphatic heterocycles. The predicted octanol–water partition coefficient (Wildman–Crippen LogP) is 1.44. The molecule has 0 saturated heterocycles. The maximum absolute atomic E-state index is 11.7. The smallest absolute Gasteiger partial charge is 0.226 e.